The fraction of sp³-hybridized carbons (Fsp3) is 0.909. The minimum Gasteiger partial charge on any atom is -0.354 e. The van der Waals surface area contributed by atoms with E-state index < -0.39 is 0 Å². The van der Waals surface area contributed by atoms with Gasteiger partial charge in [0.05, 0.1) is 6.54 Å². The lowest BCUT2D eigenvalue weighted by Crippen LogP contribution is -2.41. The van der Waals surface area contributed by atoms with Gasteiger partial charge in [-0.1, -0.05) is 6.92 Å². The molecule has 3 nitrogen and oxygen atoms in total. The van der Waals surface area contributed by atoms with E-state index in [1.807, 2.05) is 23.5 Å². The number of carbonyl (C=O) groups excluding carboxylic acids is 1. The van der Waals surface area contributed by atoms with Crippen LogP contribution in [-0.4, -0.2) is 47.5 Å². The molecular formula is C11H22N2OS2. The van der Waals surface area contributed by atoms with Gasteiger partial charge in [0.25, 0.3) is 0 Å². The monoisotopic (exact) mass is 262 g/mol. The van der Waals surface area contributed by atoms with Gasteiger partial charge in [-0.2, -0.15) is 23.5 Å². The summed E-state index contributed by atoms with van der Waals surface area (Å²) in [5.41, 5.74) is 0. The normalized spacial score (nSPS) is 22.8. The molecule has 0 aromatic carbocycles. The number of rotatable bonds is 6. The lowest BCUT2D eigenvalue weighted by Gasteiger charge is -2.21. The van der Waals surface area contributed by atoms with E-state index in [1.54, 1.807) is 0 Å². The van der Waals surface area contributed by atoms with Crippen molar-refractivity contribution in [3.05, 3.63) is 0 Å². The molecule has 0 saturated carbocycles. The van der Waals surface area contributed by atoms with E-state index in [0.29, 0.717) is 17.8 Å². The van der Waals surface area contributed by atoms with Crippen molar-refractivity contribution in [1.29, 1.82) is 0 Å². The Morgan fingerprint density at radius 1 is 1.50 bits per heavy atom. The predicted molar refractivity (Wildman–Crippen MR) is 74.3 cm³/mol. The molecule has 0 aromatic rings. The fourth-order valence-corrected chi connectivity index (χ4v) is 3.97. The Balaban J connectivity index is 2.05. The maximum Gasteiger partial charge on any atom is 0.234 e. The molecule has 16 heavy (non-hydrogen) atoms. The van der Waals surface area contributed by atoms with Crippen LogP contribution >= 0.6 is 23.5 Å². The van der Waals surface area contributed by atoms with E-state index in [4.69, 9.17) is 0 Å². The quantitative estimate of drug-likeness (QED) is 0.758. The van der Waals surface area contributed by atoms with Crippen LogP contribution in [0.1, 0.15) is 20.3 Å². The first kappa shape index (κ1) is 14.2. The molecule has 0 radical (unpaired) electrons. The Morgan fingerprint density at radius 3 is 2.94 bits per heavy atom. The zero-order chi connectivity index (χ0) is 11.8. The third-order valence-electron chi connectivity index (χ3n) is 2.64. The number of hydrogen-bond donors (Lipinski definition) is 2. The lowest BCUT2D eigenvalue weighted by atomic mass is 10.2. The van der Waals surface area contributed by atoms with E-state index in [0.717, 1.165) is 13.0 Å². The van der Waals surface area contributed by atoms with Gasteiger partial charge in [-0.15, -0.1) is 0 Å². The Kier molecular flexibility index (Phi) is 7.32. The van der Waals surface area contributed by atoms with Crippen LogP contribution in [0.4, 0.5) is 0 Å². The summed E-state index contributed by atoms with van der Waals surface area (Å²) < 4.78 is 0. The van der Waals surface area contributed by atoms with Crippen LogP contribution in [0.15, 0.2) is 0 Å². The first-order valence-corrected chi connectivity index (χ1v) is 8.12. The number of thioether (sulfide) groups is 2. The summed E-state index contributed by atoms with van der Waals surface area (Å²) in [6.07, 6.45) is 1.06. The van der Waals surface area contributed by atoms with Gasteiger partial charge in [0.2, 0.25) is 5.91 Å². The molecule has 2 unspecified atom stereocenters. The highest BCUT2D eigenvalue weighted by molar-refractivity contribution is 8.06. The van der Waals surface area contributed by atoms with Gasteiger partial charge in [0, 0.05) is 35.1 Å². The van der Waals surface area contributed by atoms with Crippen LogP contribution < -0.4 is 10.6 Å². The second-order valence-electron chi connectivity index (χ2n) is 4.06. The third kappa shape index (κ3) is 6.01. The van der Waals surface area contributed by atoms with Crippen molar-refractivity contribution >= 4 is 29.4 Å². The van der Waals surface area contributed by atoms with E-state index in [-0.39, 0.29) is 5.91 Å². The first-order chi connectivity index (χ1) is 7.72. The molecule has 0 spiro atoms. The zero-order valence-corrected chi connectivity index (χ0v) is 11.8. The summed E-state index contributed by atoms with van der Waals surface area (Å²) in [5, 5.41) is 6.80. The minimum atomic E-state index is 0.122. The largest absolute Gasteiger partial charge is 0.354 e. The summed E-state index contributed by atoms with van der Waals surface area (Å²) in [6, 6.07) is 0.422. The van der Waals surface area contributed by atoms with Gasteiger partial charge in [-0.05, 0) is 13.3 Å². The molecule has 1 rings (SSSR count). The van der Waals surface area contributed by atoms with Crippen molar-refractivity contribution < 1.29 is 4.79 Å². The van der Waals surface area contributed by atoms with Crippen molar-refractivity contribution in [3.8, 4) is 0 Å². The standard InChI is InChI=1S/C11H22N2OS2/c1-3-9(2)12-7-11(14)13-6-10-8-15-4-5-16-10/h9-10,12H,3-8H2,1-2H3,(H,13,14). The minimum absolute atomic E-state index is 0.122. The van der Waals surface area contributed by atoms with E-state index in [2.05, 4.69) is 24.5 Å². The Bertz CT molecular complexity index is 208. The lowest BCUT2D eigenvalue weighted by molar-refractivity contribution is -0.120. The van der Waals surface area contributed by atoms with Crippen LogP contribution in [0.2, 0.25) is 0 Å². The van der Waals surface area contributed by atoms with Gasteiger partial charge in [-0.25, -0.2) is 0 Å². The smallest absolute Gasteiger partial charge is 0.234 e. The fourth-order valence-electron chi connectivity index (χ4n) is 1.36. The zero-order valence-electron chi connectivity index (χ0n) is 10.1. The van der Waals surface area contributed by atoms with Crippen molar-refractivity contribution in [2.75, 3.05) is 30.3 Å². The Hall–Kier alpha value is 0.130. The van der Waals surface area contributed by atoms with Gasteiger partial charge < -0.3 is 10.6 Å². The first-order valence-electron chi connectivity index (χ1n) is 5.91. The van der Waals surface area contributed by atoms with Crippen LogP contribution in [0, 0.1) is 0 Å². The number of carbonyl (C=O) groups is 1. The van der Waals surface area contributed by atoms with Gasteiger partial charge in [0.1, 0.15) is 0 Å². The van der Waals surface area contributed by atoms with Crippen LogP contribution in [0.3, 0.4) is 0 Å². The van der Waals surface area contributed by atoms with E-state index in [1.165, 1.54) is 17.3 Å². The summed E-state index contributed by atoms with van der Waals surface area (Å²) >= 11 is 3.97. The molecule has 2 atom stereocenters. The second-order valence-corrected chi connectivity index (χ2v) is 6.62. The third-order valence-corrected chi connectivity index (χ3v) is 5.48. The average Bonchev–Trinajstić information content (AvgIpc) is 2.34. The Morgan fingerprint density at radius 2 is 2.31 bits per heavy atom. The highest BCUT2D eigenvalue weighted by Gasteiger charge is 2.14. The average molecular weight is 262 g/mol. The van der Waals surface area contributed by atoms with Crippen molar-refractivity contribution in [1.82, 2.24) is 10.6 Å². The number of amides is 1. The van der Waals surface area contributed by atoms with Crippen molar-refractivity contribution in [2.45, 2.75) is 31.6 Å². The molecule has 1 amide bonds. The van der Waals surface area contributed by atoms with E-state index >= 15 is 0 Å². The molecule has 0 aliphatic carbocycles. The number of hydrogen-bond acceptors (Lipinski definition) is 4. The van der Waals surface area contributed by atoms with E-state index in [9.17, 15) is 4.79 Å². The molecule has 2 N–H and O–H groups in total. The molecule has 1 saturated heterocycles. The van der Waals surface area contributed by atoms with Crippen molar-refractivity contribution in [3.63, 3.8) is 0 Å². The highest BCUT2D eigenvalue weighted by atomic mass is 32.2. The number of nitrogens with one attached hydrogen (secondary N) is 2. The highest BCUT2D eigenvalue weighted by Crippen LogP contribution is 2.23. The van der Waals surface area contributed by atoms with Crippen LogP contribution in [-0.2, 0) is 4.79 Å². The van der Waals surface area contributed by atoms with Crippen LogP contribution in [0.25, 0.3) is 0 Å². The Labute approximate surface area is 107 Å². The molecular weight excluding hydrogens is 240 g/mol. The maximum absolute atomic E-state index is 11.5. The molecule has 1 aliphatic rings. The summed E-state index contributed by atoms with van der Waals surface area (Å²) in [7, 11) is 0. The van der Waals surface area contributed by atoms with Crippen molar-refractivity contribution in [2.24, 2.45) is 0 Å². The van der Waals surface area contributed by atoms with Gasteiger partial charge in [0.15, 0.2) is 0 Å². The molecule has 0 bridgehead atoms. The van der Waals surface area contributed by atoms with Gasteiger partial charge in [-0.3, -0.25) is 4.79 Å². The maximum atomic E-state index is 11.5. The summed E-state index contributed by atoms with van der Waals surface area (Å²) in [4.78, 5) is 11.5. The van der Waals surface area contributed by atoms with Crippen LogP contribution in [0.5, 0.6) is 0 Å². The summed E-state index contributed by atoms with van der Waals surface area (Å²) in [6.45, 7) is 5.48. The molecule has 1 fully saturated rings. The molecule has 5 heteroatoms. The predicted octanol–water partition coefficient (Wildman–Crippen LogP) is 1.34. The SMILES string of the molecule is CCC(C)NCC(=O)NCC1CSCCS1. The molecule has 1 heterocycles. The molecule has 0 aromatic heterocycles. The second kappa shape index (κ2) is 8.25. The molecule has 94 valence electrons. The molecule has 1 aliphatic heterocycles. The topological polar surface area (TPSA) is 41.1 Å². The van der Waals surface area contributed by atoms with Gasteiger partial charge >= 0.3 is 0 Å². The summed E-state index contributed by atoms with van der Waals surface area (Å²) in [5.74, 6) is 3.77.